The largest absolute Gasteiger partial charge is 0.480 e. The summed E-state index contributed by atoms with van der Waals surface area (Å²) in [5.41, 5.74) is 0.890. The maximum Gasteiger partial charge on any atom is 0.326 e. The molecule has 96 valence electrons. The van der Waals surface area contributed by atoms with E-state index in [9.17, 15) is 9.59 Å². The molecule has 0 aromatic heterocycles. The van der Waals surface area contributed by atoms with Crippen molar-refractivity contribution in [1.82, 2.24) is 5.32 Å². The highest BCUT2D eigenvalue weighted by Gasteiger charge is 2.32. The Morgan fingerprint density at radius 3 is 2.44 bits per heavy atom. The van der Waals surface area contributed by atoms with Gasteiger partial charge < -0.3 is 10.4 Å². The fourth-order valence-corrected chi connectivity index (χ4v) is 1.96. The molecule has 2 N–H and O–H groups in total. The van der Waals surface area contributed by atoms with Crippen molar-refractivity contribution in [3.63, 3.8) is 0 Å². The molecule has 1 aliphatic rings. The van der Waals surface area contributed by atoms with E-state index in [0.717, 1.165) is 22.9 Å². The first-order chi connectivity index (χ1) is 8.56. The molecule has 1 unspecified atom stereocenters. The van der Waals surface area contributed by atoms with E-state index in [1.807, 2.05) is 24.3 Å². The number of carbonyl (C=O) groups is 2. The van der Waals surface area contributed by atoms with Crippen molar-refractivity contribution >= 4 is 27.8 Å². The number of aliphatic carboxylic acids is 1. The summed E-state index contributed by atoms with van der Waals surface area (Å²) in [5, 5.41) is 11.7. The second-order valence-electron chi connectivity index (χ2n) is 4.50. The third kappa shape index (κ3) is 3.57. The minimum Gasteiger partial charge on any atom is -0.480 e. The molecule has 1 aromatic rings. The lowest BCUT2D eigenvalue weighted by atomic mass is 10.1. The predicted molar refractivity (Wildman–Crippen MR) is 70.1 cm³/mol. The molecule has 1 aliphatic carbocycles. The Morgan fingerprint density at radius 1 is 1.33 bits per heavy atom. The minimum absolute atomic E-state index is 0.0248. The Labute approximate surface area is 114 Å². The van der Waals surface area contributed by atoms with E-state index in [0.29, 0.717) is 6.42 Å². The van der Waals surface area contributed by atoms with Gasteiger partial charge in [0.1, 0.15) is 6.04 Å². The molecule has 0 aliphatic heterocycles. The maximum atomic E-state index is 11.6. The van der Waals surface area contributed by atoms with E-state index < -0.39 is 12.0 Å². The molecule has 1 atom stereocenters. The summed E-state index contributed by atoms with van der Waals surface area (Å²) in [6.07, 6.45) is 2.05. The average molecular weight is 312 g/mol. The number of carboxylic acids is 1. The van der Waals surface area contributed by atoms with Crippen LogP contribution in [0.25, 0.3) is 0 Å². The van der Waals surface area contributed by atoms with Crippen LogP contribution in [0.2, 0.25) is 0 Å². The zero-order valence-electron chi connectivity index (χ0n) is 9.73. The Kier molecular flexibility index (Phi) is 4.01. The van der Waals surface area contributed by atoms with Crippen molar-refractivity contribution in [3.8, 4) is 0 Å². The lowest BCUT2D eigenvalue weighted by Gasteiger charge is -2.14. The van der Waals surface area contributed by atoms with Crippen molar-refractivity contribution in [2.75, 3.05) is 0 Å². The molecule has 1 amide bonds. The number of nitrogens with one attached hydrogen (secondary N) is 1. The van der Waals surface area contributed by atoms with Crippen molar-refractivity contribution in [2.24, 2.45) is 5.92 Å². The maximum absolute atomic E-state index is 11.6. The lowest BCUT2D eigenvalue weighted by molar-refractivity contribution is -0.142. The van der Waals surface area contributed by atoms with Crippen LogP contribution in [0.15, 0.2) is 28.7 Å². The molecule has 1 saturated carbocycles. The van der Waals surface area contributed by atoms with Crippen LogP contribution >= 0.6 is 15.9 Å². The van der Waals surface area contributed by atoms with Crippen molar-refractivity contribution in [1.29, 1.82) is 0 Å². The summed E-state index contributed by atoms with van der Waals surface area (Å²) in [7, 11) is 0. The molecule has 1 fully saturated rings. The SMILES string of the molecule is O=C(NC(Cc1ccc(Br)cc1)C(=O)O)C1CC1. The molecular formula is C13H14BrNO3. The van der Waals surface area contributed by atoms with E-state index in [1.54, 1.807) is 0 Å². The van der Waals surface area contributed by atoms with Gasteiger partial charge in [0.25, 0.3) is 0 Å². The highest BCUT2D eigenvalue weighted by atomic mass is 79.9. The summed E-state index contributed by atoms with van der Waals surface area (Å²) >= 11 is 3.32. The average Bonchev–Trinajstić information content (AvgIpc) is 3.14. The van der Waals surface area contributed by atoms with E-state index in [1.165, 1.54) is 0 Å². The van der Waals surface area contributed by atoms with E-state index in [4.69, 9.17) is 5.11 Å². The topological polar surface area (TPSA) is 66.4 Å². The Bertz CT molecular complexity index is 454. The summed E-state index contributed by atoms with van der Waals surface area (Å²) in [6.45, 7) is 0. The van der Waals surface area contributed by atoms with E-state index in [-0.39, 0.29) is 11.8 Å². The third-order valence-corrected chi connectivity index (χ3v) is 3.44. The molecule has 0 bridgehead atoms. The van der Waals surface area contributed by atoms with Gasteiger partial charge in [-0.1, -0.05) is 28.1 Å². The molecular weight excluding hydrogens is 298 g/mol. The van der Waals surface area contributed by atoms with Gasteiger partial charge >= 0.3 is 5.97 Å². The van der Waals surface area contributed by atoms with Gasteiger partial charge in [0, 0.05) is 16.8 Å². The first kappa shape index (κ1) is 13.1. The minimum atomic E-state index is -0.994. The van der Waals surface area contributed by atoms with Gasteiger partial charge in [0.2, 0.25) is 5.91 Å². The Hall–Kier alpha value is -1.36. The van der Waals surface area contributed by atoms with E-state index in [2.05, 4.69) is 21.2 Å². The number of carbonyl (C=O) groups excluding carboxylic acids is 1. The van der Waals surface area contributed by atoms with Gasteiger partial charge in [0.05, 0.1) is 0 Å². The molecule has 0 heterocycles. The molecule has 2 rings (SSSR count). The molecule has 4 nitrogen and oxygen atoms in total. The van der Waals surface area contributed by atoms with Gasteiger partial charge in [-0.2, -0.15) is 0 Å². The predicted octanol–water partition coefficient (Wildman–Crippen LogP) is 1.97. The van der Waals surface area contributed by atoms with Gasteiger partial charge in [-0.3, -0.25) is 4.79 Å². The second-order valence-corrected chi connectivity index (χ2v) is 5.42. The lowest BCUT2D eigenvalue weighted by Crippen LogP contribution is -2.43. The summed E-state index contributed by atoms with van der Waals surface area (Å²) in [6, 6.07) is 6.57. The van der Waals surface area contributed by atoms with Crippen LogP contribution in [0.3, 0.4) is 0 Å². The molecule has 5 heteroatoms. The number of hydrogen-bond donors (Lipinski definition) is 2. The van der Waals surface area contributed by atoms with Gasteiger partial charge in [-0.25, -0.2) is 4.79 Å². The fourth-order valence-electron chi connectivity index (χ4n) is 1.69. The molecule has 1 aromatic carbocycles. The van der Waals surface area contributed by atoms with Gasteiger partial charge in [0.15, 0.2) is 0 Å². The molecule has 0 radical (unpaired) electrons. The van der Waals surface area contributed by atoms with Gasteiger partial charge in [-0.05, 0) is 30.5 Å². The quantitative estimate of drug-likeness (QED) is 0.873. The van der Waals surface area contributed by atoms with Crippen LogP contribution in [-0.2, 0) is 16.0 Å². The second kappa shape index (κ2) is 5.52. The number of carboxylic acid groups (broad SMARTS) is 1. The number of halogens is 1. The fraction of sp³-hybridized carbons (Fsp3) is 0.385. The van der Waals surface area contributed by atoms with Crippen LogP contribution in [0.1, 0.15) is 18.4 Å². The molecule has 0 saturated heterocycles. The van der Waals surface area contributed by atoms with Crippen LogP contribution < -0.4 is 5.32 Å². The first-order valence-corrected chi connectivity index (χ1v) is 6.63. The van der Waals surface area contributed by atoms with Crippen LogP contribution in [-0.4, -0.2) is 23.0 Å². The normalized spacial score (nSPS) is 16.1. The summed E-state index contributed by atoms with van der Waals surface area (Å²) in [5.74, 6) is -1.11. The summed E-state index contributed by atoms with van der Waals surface area (Å²) in [4.78, 5) is 22.7. The standard InChI is InChI=1S/C13H14BrNO3/c14-10-5-1-8(2-6-10)7-11(13(17)18)15-12(16)9-3-4-9/h1-2,5-6,9,11H,3-4,7H2,(H,15,16)(H,17,18). The van der Waals surface area contributed by atoms with Crippen LogP contribution in [0, 0.1) is 5.92 Å². The van der Waals surface area contributed by atoms with Crippen molar-refractivity contribution in [3.05, 3.63) is 34.3 Å². The van der Waals surface area contributed by atoms with Crippen molar-refractivity contribution in [2.45, 2.75) is 25.3 Å². The van der Waals surface area contributed by atoms with Gasteiger partial charge in [-0.15, -0.1) is 0 Å². The van der Waals surface area contributed by atoms with E-state index >= 15 is 0 Å². The smallest absolute Gasteiger partial charge is 0.326 e. The monoisotopic (exact) mass is 311 g/mol. The van der Waals surface area contributed by atoms with Crippen LogP contribution in [0.5, 0.6) is 0 Å². The van der Waals surface area contributed by atoms with Crippen LogP contribution in [0.4, 0.5) is 0 Å². The zero-order chi connectivity index (χ0) is 13.1. The molecule has 0 spiro atoms. The number of benzene rings is 1. The first-order valence-electron chi connectivity index (χ1n) is 5.84. The van der Waals surface area contributed by atoms with Crippen molar-refractivity contribution < 1.29 is 14.7 Å². The Morgan fingerprint density at radius 2 is 1.94 bits per heavy atom. The number of amides is 1. The molecule has 18 heavy (non-hydrogen) atoms. The summed E-state index contributed by atoms with van der Waals surface area (Å²) < 4.78 is 0.945. The zero-order valence-corrected chi connectivity index (χ0v) is 11.3. The highest BCUT2D eigenvalue weighted by molar-refractivity contribution is 9.10. The highest BCUT2D eigenvalue weighted by Crippen LogP contribution is 2.29. The Balaban J connectivity index is 1.99. The number of rotatable bonds is 5. The number of hydrogen-bond acceptors (Lipinski definition) is 2. The third-order valence-electron chi connectivity index (χ3n) is 2.92.